The topological polar surface area (TPSA) is 141 Å². The molecule has 1 rings (SSSR count). The molecule has 11 heteroatoms. The summed E-state index contributed by atoms with van der Waals surface area (Å²) in [7, 11) is 0. The third kappa shape index (κ3) is 12.8. The van der Waals surface area contributed by atoms with Gasteiger partial charge in [0.2, 0.25) is 5.66 Å². The van der Waals surface area contributed by atoms with Crippen LogP contribution < -0.4 is 16.0 Å². The van der Waals surface area contributed by atoms with Crippen LogP contribution in [0.4, 0.5) is 9.59 Å². The molecule has 1 atom stereocenters. The largest absolute Gasteiger partial charge is 0.465 e. The Morgan fingerprint density at radius 1 is 0.842 bits per heavy atom. The van der Waals surface area contributed by atoms with Crippen molar-refractivity contribution in [3.8, 4) is 0 Å². The zero-order chi connectivity index (χ0) is 29.0. The number of nitrogens with one attached hydrogen (secondary N) is 3. The van der Waals surface area contributed by atoms with Crippen molar-refractivity contribution in [2.24, 2.45) is 0 Å². The van der Waals surface area contributed by atoms with Gasteiger partial charge in [0.05, 0.1) is 6.61 Å². The van der Waals surface area contributed by atoms with Crippen molar-refractivity contribution in [2.75, 3.05) is 13.2 Å². The summed E-state index contributed by atoms with van der Waals surface area (Å²) in [6.45, 7) is 13.8. The van der Waals surface area contributed by atoms with E-state index in [1.165, 1.54) is 0 Å². The fourth-order valence-electron chi connectivity index (χ4n) is 3.19. The number of hydrogen-bond donors (Lipinski definition) is 3. The highest BCUT2D eigenvalue weighted by Crippen LogP contribution is 2.18. The molecule has 0 aromatic heterocycles. The van der Waals surface area contributed by atoms with E-state index < -0.39 is 47.0 Å². The summed E-state index contributed by atoms with van der Waals surface area (Å²) in [5, 5.41) is 8.01. The summed E-state index contributed by atoms with van der Waals surface area (Å²) in [4.78, 5) is 51.0. The van der Waals surface area contributed by atoms with Gasteiger partial charge in [-0.05, 0) is 73.9 Å². The zero-order valence-corrected chi connectivity index (χ0v) is 23.8. The van der Waals surface area contributed by atoms with Crippen molar-refractivity contribution >= 4 is 24.1 Å². The van der Waals surface area contributed by atoms with Crippen LogP contribution in [0.15, 0.2) is 30.3 Å². The summed E-state index contributed by atoms with van der Waals surface area (Å²) in [6, 6.07) is 8.38. The molecule has 0 fully saturated rings. The maximum absolute atomic E-state index is 13.5. The van der Waals surface area contributed by atoms with Crippen LogP contribution in [0.25, 0.3) is 0 Å². The Bertz CT molecular complexity index is 892. The molecule has 0 spiro atoms. The number of amides is 2. The molecule has 1 aromatic carbocycles. The van der Waals surface area contributed by atoms with Gasteiger partial charge in [0.25, 0.3) is 0 Å². The third-order valence-electron chi connectivity index (χ3n) is 4.81. The number of benzene rings is 1. The van der Waals surface area contributed by atoms with Crippen LogP contribution in [-0.4, -0.2) is 60.2 Å². The first-order valence-corrected chi connectivity index (χ1v) is 12.7. The van der Waals surface area contributed by atoms with Gasteiger partial charge >= 0.3 is 24.1 Å². The Hall–Kier alpha value is -3.34. The molecular weight excluding hydrogens is 494 g/mol. The molecular formula is C27H43N3O8. The van der Waals surface area contributed by atoms with Crippen molar-refractivity contribution in [1.82, 2.24) is 16.0 Å². The van der Waals surface area contributed by atoms with Gasteiger partial charge in [0.15, 0.2) is 0 Å². The molecule has 0 aliphatic rings. The Labute approximate surface area is 225 Å². The van der Waals surface area contributed by atoms with E-state index in [-0.39, 0.29) is 32.6 Å². The predicted octanol–water partition coefficient (Wildman–Crippen LogP) is 3.80. The summed E-state index contributed by atoms with van der Waals surface area (Å²) in [5.74, 6) is -1.32. The average Bonchev–Trinajstić information content (AvgIpc) is 2.78. The van der Waals surface area contributed by atoms with Gasteiger partial charge in [-0.1, -0.05) is 30.3 Å². The van der Waals surface area contributed by atoms with Crippen LogP contribution in [0.1, 0.15) is 73.8 Å². The maximum Gasteiger partial charge on any atom is 0.409 e. The van der Waals surface area contributed by atoms with E-state index in [2.05, 4.69) is 16.0 Å². The number of rotatable bonds is 12. The van der Waals surface area contributed by atoms with Crippen LogP contribution >= 0.6 is 0 Å². The zero-order valence-electron chi connectivity index (χ0n) is 23.8. The average molecular weight is 538 g/mol. The molecule has 0 radical (unpaired) electrons. The molecule has 1 unspecified atom stereocenters. The second-order valence-electron chi connectivity index (χ2n) is 10.8. The lowest BCUT2D eigenvalue weighted by Crippen LogP contribution is -2.67. The lowest BCUT2D eigenvalue weighted by Gasteiger charge is -2.34. The molecule has 11 nitrogen and oxygen atoms in total. The lowest BCUT2D eigenvalue weighted by molar-refractivity contribution is -0.155. The first-order valence-electron chi connectivity index (χ1n) is 12.7. The first kappa shape index (κ1) is 32.7. The third-order valence-corrected chi connectivity index (χ3v) is 4.81. The van der Waals surface area contributed by atoms with E-state index in [1.54, 1.807) is 79.7 Å². The quantitative estimate of drug-likeness (QED) is 0.157. The van der Waals surface area contributed by atoms with E-state index in [0.29, 0.717) is 5.56 Å². The molecule has 0 aliphatic heterocycles. The van der Waals surface area contributed by atoms with Gasteiger partial charge < -0.3 is 24.3 Å². The molecule has 38 heavy (non-hydrogen) atoms. The number of hydrogen-bond acceptors (Lipinski definition) is 9. The minimum Gasteiger partial charge on any atom is -0.465 e. The molecule has 214 valence electrons. The van der Waals surface area contributed by atoms with Crippen molar-refractivity contribution in [2.45, 2.75) is 97.7 Å². The van der Waals surface area contributed by atoms with Gasteiger partial charge in [-0.2, -0.15) is 0 Å². The van der Waals surface area contributed by atoms with Crippen molar-refractivity contribution in [3.05, 3.63) is 35.9 Å². The molecule has 2 amide bonds. The molecule has 0 bridgehead atoms. The molecule has 0 saturated heterocycles. The SMILES string of the molecule is CCOC(=O)C(C)NCCCC(NC(=O)OC(C)(C)C)(NC(=O)OC(C)(C)C)C(=O)OCc1ccccc1. The Kier molecular flexibility index (Phi) is 12.5. The van der Waals surface area contributed by atoms with Crippen molar-refractivity contribution < 1.29 is 38.1 Å². The smallest absolute Gasteiger partial charge is 0.409 e. The maximum atomic E-state index is 13.5. The summed E-state index contributed by atoms with van der Waals surface area (Å²) in [6.07, 6.45) is -1.71. The van der Waals surface area contributed by atoms with Gasteiger partial charge in [0, 0.05) is 6.42 Å². The molecule has 0 saturated carbocycles. The molecule has 3 N–H and O–H groups in total. The fraction of sp³-hybridized carbons (Fsp3) is 0.630. The number of ether oxygens (including phenoxy) is 4. The fourth-order valence-corrected chi connectivity index (χ4v) is 3.19. The van der Waals surface area contributed by atoms with Gasteiger partial charge in [-0.3, -0.25) is 15.4 Å². The van der Waals surface area contributed by atoms with Gasteiger partial charge in [0.1, 0.15) is 23.9 Å². The van der Waals surface area contributed by atoms with E-state index in [4.69, 9.17) is 18.9 Å². The Morgan fingerprint density at radius 3 is 1.84 bits per heavy atom. The molecule has 1 aromatic rings. The minimum absolute atomic E-state index is 0.0917. The van der Waals surface area contributed by atoms with Crippen molar-refractivity contribution in [3.63, 3.8) is 0 Å². The second-order valence-corrected chi connectivity index (χ2v) is 10.8. The predicted molar refractivity (Wildman–Crippen MR) is 141 cm³/mol. The van der Waals surface area contributed by atoms with Crippen LogP contribution in [0.3, 0.4) is 0 Å². The highest BCUT2D eigenvalue weighted by atomic mass is 16.6. The Morgan fingerprint density at radius 2 is 1.37 bits per heavy atom. The molecule has 0 heterocycles. The van der Waals surface area contributed by atoms with Crippen molar-refractivity contribution in [1.29, 1.82) is 0 Å². The van der Waals surface area contributed by atoms with E-state index in [9.17, 15) is 19.2 Å². The van der Waals surface area contributed by atoms with E-state index in [1.807, 2.05) is 6.07 Å². The highest BCUT2D eigenvalue weighted by Gasteiger charge is 2.45. The van der Waals surface area contributed by atoms with E-state index >= 15 is 0 Å². The summed E-state index contributed by atoms with van der Waals surface area (Å²) < 4.78 is 21.2. The number of esters is 2. The summed E-state index contributed by atoms with van der Waals surface area (Å²) >= 11 is 0. The van der Waals surface area contributed by atoms with Gasteiger partial charge in [-0.25, -0.2) is 14.4 Å². The monoisotopic (exact) mass is 537 g/mol. The normalized spacial score (nSPS) is 12.6. The number of carbonyl (C=O) groups excluding carboxylic acids is 4. The number of carbonyl (C=O) groups is 4. The summed E-state index contributed by atoms with van der Waals surface area (Å²) in [5.41, 5.74) is -3.04. The second kappa shape index (κ2) is 14.6. The van der Waals surface area contributed by atoms with Crippen LogP contribution in [0.5, 0.6) is 0 Å². The minimum atomic E-state index is -2.02. The van der Waals surface area contributed by atoms with Gasteiger partial charge in [-0.15, -0.1) is 0 Å². The van der Waals surface area contributed by atoms with Crippen LogP contribution in [-0.2, 0) is 35.1 Å². The van der Waals surface area contributed by atoms with Crippen LogP contribution in [0, 0.1) is 0 Å². The van der Waals surface area contributed by atoms with Crippen LogP contribution in [0.2, 0.25) is 0 Å². The molecule has 0 aliphatic carbocycles. The standard InChI is InChI=1S/C27H43N3O8/c1-9-35-21(31)19(2)28-17-13-16-27(29-23(33)37-25(3,4)5,30-24(34)38-26(6,7)8)22(32)36-18-20-14-11-10-12-15-20/h10-12,14-15,19,28H,9,13,16-18H2,1-8H3,(H,29,33)(H,30,34). The first-order chi connectivity index (χ1) is 17.6. The Balaban J connectivity index is 3.20. The van der Waals surface area contributed by atoms with E-state index in [0.717, 1.165) is 0 Å². The highest BCUT2D eigenvalue weighted by molar-refractivity contribution is 5.89. The number of alkyl carbamates (subject to hydrolysis) is 2. The lowest BCUT2D eigenvalue weighted by atomic mass is 10.0.